The van der Waals surface area contributed by atoms with E-state index in [-0.39, 0.29) is 17.9 Å². The molecule has 1 saturated carbocycles. The van der Waals surface area contributed by atoms with Crippen molar-refractivity contribution < 1.29 is 19.2 Å². The molecule has 5 amide bonds. The SMILES string of the molecule is C[C@@H](NC(=O)c1ccccc1NC(=O)CN1C(=O)NC2(CCCCCC2)C1=O)c1ccccc1. The number of urea groups is 1. The molecule has 34 heavy (non-hydrogen) atoms. The Morgan fingerprint density at radius 3 is 2.32 bits per heavy atom. The minimum atomic E-state index is -0.890. The Balaban J connectivity index is 1.42. The Hall–Kier alpha value is -3.68. The summed E-state index contributed by atoms with van der Waals surface area (Å²) in [6, 6.07) is 15.5. The number of amides is 5. The van der Waals surface area contributed by atoms with Crippen LogP contribution in [-0.4, -0.2) is 40.7 Å². The third-order valence-corrected chi connectivity index (χ3v) is 6.60. The van der Waals surface area contributed by atoms with Crippen LogP contribution in [0.1, 0.15) is 67.4 Å². The largest absolute Gasteiger partial charge is 0.345 e. The second-order valence-electron chi connectivity index (χ2n) is 9.02. The van der Waals surface area contributed by atoms with E-state index < -0.39 is 24.0 Å². The molecule has 0 bridgehead atoms. The predicted molar refractivity (Wildman–Crippen MR) is 128 cm³/mol. The number of nitrogens with zero attached hydrogens (tertiary/aromatic N) is 1. The maximum atomic E-state index is 13.1. The summed E-state index contributed by atoms with van der Waals surface area (Å²) in [6.07, 6.45) is 5.00. The first-order chi connectivity index (χ1) is 16.4. The summed E-state index contributed by atoms with van der Waals surface area (Å²) in [5.74, 6) is -1.21. The molecule has 0 unspecified atom stereocenters. The van der Waals surface area contributed by atoms with Gasteiger partial charge in [0.05, 0.1) is 17.3 Å². The first-order valence-electron chi connectivity index (χ1n) is 11.8. The fourth-order valence-electron chi connectivity index (χ4n) is 4.71. The topological polar surface area (TPSA) is 108 Å². The Labute approximate surface area is 199 Å². The first-order valence-corrected chi connectivity index (χ1v) is 11.8. The highest BCUT2D eigenvalue weighted by atomic mass is 16.2. The molecule has 178 valence electrons. The highest BCUT2D eigenvalue weighted by Crippen LogP contribution is 2.32. The predicted octanol–water partition coefficient (Wildman–Crippen LogP) is 3.76. The second-order valence-corrected chi connectivity index (χ2v) is 9.02. The van der Waals surface area contributed by atoms with Crippen LogP contribution in [0.5, 0.6) is 0 Å². The Morgan fingerprint density at radius 1 is 0.971 bits per heavy atom. The quantitative estimate of drug-likeness (QED) is 0.568. The summed E-state index contributed by atoms with van der Waals surface area (Å²) in [4.78, 5) is 52.3. The van der Waals surface area contributed by atoms with Gasteiger partial charge in [-0.15, -0.1) is 0 Å². The number of imide groups is 1. The summed E-state index contributed by atoms with van der Waals surface area (Å²) < 4.78 is 0. The number of para-hydroxylation sites is 1. The smallest absolute Gasteiger partial charge is 0.325 e. The van der Waals surface area contributed by atoms with Gasteiger partial charge in [-0.1, -0.05) is 68.1 Å². The van der Waals surface area contributed by atoms with Crippen molar-refractivity contribution in [3.63, 3.8) is 0 Å². The molecular formula is C26H30N4O4. The minimum Gasteiger partial charge on any atom is -0.345 e. The molecule has 1 aliphatic carbocycles. The lowest BCUT2D eigenvalue weighted by Gasteiger charge is -2.24. The van der Waals surface area contributed by atoms with Crippen LogP contribution >= 0.6 is 0 Å². The normalized spacial score (nSPS) is 18.2. The van der Waals surface area contributed by atoms with Gasteiger partial charge < -0.3 is 16.0 Å². The van der Waals surface area contributed by atoms with Gasteiger partial charge in [0, 0.05) is 0 Å². The maximum Gasteiger partial charge on any atom is 0.325 e. The zero-order valence-electron chi connectivity index (χ0n) is 19.3. The van der Waals surface area contributed by atoms with Gasteiger partial charge in [-0.3, -0.25) is 19.3 Å². The standard InChI is InChI=1S/C26H30N4O4/c1-18(19-11-5-4-6-12-19)27-23(32)20-13-7-8-14-21(20)28-22(31)17-30-24(33)26(29-25(30)34)15-9-2-3-10-16-26/h4-8,11-14,18H,2-3,9-10,15-17H2,1H3,(H,27,32)(H,28,31)(H,29,34)/t18-/m1/s1. The molecule has 2 aliphatic rings. The lowest BCUT2D eigenvalue weighted by Crippen LogP contribution is -2.47. The monoisotopic (exact) mass is 462 g/mol. The molecule has 2 aromatic carbocycles. The molecule has 2 aromatic rings. The molecule has 0 aromatic heterocycles. The van der Waals surface area contributed by atoms with Crippen LogP contribution in [0.2, 0.25) is 0 Å². The molecule has 8 nitrogen and oxygen atoms in total. The van der Waals surface area contributed by atoms with E-state index in [9.17, 15) is 19.2 Å². The number of anilines is 1. The van der Waals surface area contributed by atoms with Gasteiger partial charge in [0.25, 0.3) is 11.8 Å². The van der Waals surface area contributed by atoms with Gasteiger partial charge in [0.15, 0.2) is 0 Å². The van der Waals surface area contributed by atoms with E-state index in [1.54, 1.807) is 24.3 Å². The lowest BCUT2D eigenvalue weighted by atomic mass is 9.90. The van der Waals surface area contributed by atoms with Gasteiger partial charge in [-0.2, -0.15) is 0 Å². The average Bonchev–Trinajstić information content (AvgIpc) is 2.99. The number of carbonyl (C=O) groups is 4. The van der Waals surface area contributed by atoms with Gasteiger partial charge >= 0.3 is 6.03 Å². The van der Waals surface area contributed by atoms with Gasteiger partial charge in [-0.25, -0.2) is 4.79 Å². The molecule has 1 heterocycles. The molecule has 1 aliphatic heterocycles. The zero-order chi connectivity index (χ0) is 24.1. The van der Waals surface area contributed by atoms with Gasteiger partial charge in [-0.05, 0) is 37.5 Å². The molecule has 2 fully saturated rings. The number of rotatable bonds is 6. The van der Waals surface area contributed by atoms with Crippen molar-refractivity contribution in [3.05, 3.63) is 65.7 Å². The molecular weight excluding hydrogens is 432 g/mol. The van der Waals surface area contributed by atoms with Crippen LogP contribution in [0.3, 0.4) is 0 Å². The van der Waals surface area contributed by atoms with Crippen molar-refractivity contribution in [1.82, 2.24) is 15.5 Å². The second kappa shape index (κ2) is 10.1. The lowest BCUT2D eigenvalue weighted by molar-refractivity contribution is -0.134. The van der Waals surface area contributed by atoms with Gasteiger partial charge in [0.2, 0.25) is 5.91 Å². The van der Waals surface area contributed by atoms with E-state index in [1.807, 2.05) is 37.3 Å². The fourth-order valence-corrected chi connectivity index (χ4v) is 4.71. The van der Waals surface area contributed by atoms with Crippen molar-refractivity contribution in [1.29, 1.82) is 0 Å². The zero-order valence-corrected chi connectivity index (χ0v) is 19.3. The molecule has 1 atom stereocenters. The van der Waals surface area contributed by atoms with Crippen molar-refractivity contribution in [3.8, 4) is 0 Å². The van der Waals surface area contributed by atoms with E-state index in [4.69, 9.17) is 0 Å². The van der Waals surface area contributed by atoms with Crippen LogP contribution in [0.25, 0.3) is 0 Å². The molecule has 4 rings (SSSR count). The molecule has 1 saturated heterocycles. The summed E-state index contributed by atoms with van der Waals surface area (Å²) >= 11 is 0. The number of nitrogens with one attached hydrogen (secondary N) is 3. The van der Waals surface area contributed by atoms with Gasteiger partial charge in [0.1, 0.15) is 12.1 Å². The Morgan fingerprint density at radius 2 is 1.62 bits per heavy atom. The number of benzene rings is 2. The van der Waals surface area contributed by atoms with Crippen LogP contribution in [0, 0.1) is 0 Å². The first kappa shape index (κ1) is 23.5. The fraction of sp³-hybridized carbons (Fsp3) is 0.385. The van der Waals surface area contributed by atoms with Crippen LogP contribution in [0.15, 0.2) is 54.6 Å². The van der Waals surface area contributed by atoms with Crippen molar-refractivity contribution in [2.45, 2.75) is 57.0 Å². The van der Waals surface area contributed by atoms with Crippen molar-refractivity contribution in [2.24, 2.45) is 0 Å². The van der Waals surface area contributed by atoms with Crippen LogP contribution in [-0.2, 0) is 9.59 Å². The summed E-state index contributed by atoms with van der Waals surface area (Å²) in [7, 11) is 0. The number of hydrogen-bond donors (Lipinski definition) is 3. The highest BCUT2D eigenvalue weighted by molar-refractivity contribution is 6.11. The molecule has 3 N–H and O–H groups in total. The average molecular weight is 463 g/mol. The Bertz CT molecular complexity index is 1080. The third-order valence-electron chi connectivity index (χ3n) is 6.60. The van der Waals surface area contributed by atoms with Crippen LogP contribution in [0.4, 0.5) is 10.5 Å². The summed E-state index contributed by atoms with van der Waals surface area (Å²) in [5.41, 5.74) is 0.695. The molecule has 8 heteroatoms. The molecule has 1 spiro atoms. The van der Waals surface area contributed by atoms with E-state index in [0.29, 0.717) is 24.1 Å². The summed E-state index contributed by atoms with van der Waals surface area (Å²) in [6.45, 7) is 1.48. The van der Waals surface area contributed by atoms with Crippen molar-refractivity contribution >= 4 is 29.4 Å². The van der Waals surface area contributed by atoms with E-state index in [0.717, 1.165) is 36.1 Å². The van der Waals surface area contributed by atoms with Crippen molar-refractivity contribution in [2.75, 3.05) is 11.9 Å². The highest BCUT2D eigenvalue weighted by Gasteiger charge is 2.51. The third kappa shape index (κ3) is 4.95. The number of hydrogen-bond acceptors (Lipinski definition) is 4. The van der Waals surface area contributed by atoms with E-state index in [2.05, 4.69) is 16.0 Å². The molecule has 0 radical (unpaired) electrons. The minimum absolute atomic E-state index is 0.223. The maximum absolute atomic E-state index is 13.1. The summed E-state index contributed by atoms with van der Waals surface area (Å²) in [5, 5.41) is 8.48. The van der Waals surface area contributed by atoms with E-state index >= 15 is 0 Å². The number of carbonyl (C=O) groups excluding carboxylic acids is 4. The Kier molecular flexibility index (Phi) is 6.95. The van der Waals surface area contributed by atoms with Crippen LogP contribution < -0.4 is 16.0 Å². The van der Waals surface area contributed by atoms with E-state index in [1.165, 1.54) is 0 Å².